The Hall–Kier alpha value is -3.35. The van der Waals surface area contributed by atoms with Crippen LogP contribution in [0.4, 0.5) is 4.39 Å². The summed E-state index contributed by atoms with van der Waals surface area (Å²) in [5, 5.41) is 3.73. The molecule has 1 amide bonds. The Bertz CT molecular complexity index is 986. The van der Waals surface area contributed by atoms with Crippen LogP contribution in [-0.2, 0) is 20.7 Å². The van der Waals surface area contributed by atoms with Crippen LogP contribution in [0.3, 0.4) is 0 Å². The highest BCUT2D eigenvalue weighted by Crippen LogP contribution is 2.19. The number of para-hydroxylation sites is 1. The van der Waals surface area contributed by atoms with Crippen LogP contribution in [0.25, 0.3) is 10.9 Å². The highest BCUT2D eigenvalue weighted by atomic mass is 19.1. The van der Waals surface area contributed by atoms with Crippen LogP contribution in [0.15, 0.2) is 54.7 Å². The van der Waals surface area contributed by atoms with Gasteiger partial charge in [0, 0.05) is 36.0 Å². The van der Waals surface area contributed by atoms with E-state index in [-0.39, 0.29) is 24.8 Å². The number of carbonyl (C=O) groups is 2. The molecule has 3 rings (SSSR count). The molecule has 0 saturated heterocycles. The van der Waals surface area contributed by atoms with E-state index < -0.39 is 12.0 Å². The lowest BCUT2D eigenvalue weighted by Crippen LogP contribution is -2.43. The first-order valence-electron chi connectivity index (χ1n) is 9.37. The number of amides is 1. The van der Waals surface area contributed by atoms with Crippen molar-refractivity contribution in [2.75, 3.05) is 13.7 Å². The number of halogens is 1. The molecule has 7 heteroatoms. The minimum absolute atomic E-state index is 0.177. The summed E-state index contributed by atoms with van der Waals surface area (Å²) in [4.78, 5) is 27.6. The first-order chi connectivity index (χ1) is 14.1. The Balaban J connectivity index is 1.53. The SMILES string of the molecule is COC(=O)[C@@H](Cc1c[nH]c2ccccc12)NC(=O)CCCOc1cccc(F)c1. The third-order valence-corrected chi connectivity index (χ3v) is 4.53. The fourth-order valence-corrected chi connectivity index (χ4v) is 3.10. The smallest absolute Gasteiger partial charge is 0.328 e. The Morgan fingerprint density at radius 1 is 1.17 bits per heavy atom. The van der Waals surface area contributed by atoms with Gasteiger partial charge in [-0.2, -0.15) is 0 Å². The average Bonchev–Trinajstić information content (AvgIpc) is 3.13. The number of fused-ring (bicyclic) bond motifs is 1. The van der Waals surface area contributed by atoms with E-state index >= 15 is 0 Å². The number of esters is 1. The van der Waals surface area contributed by atoms with Gasteiger partial charge in [-0.3, -0.25) is 4.79 Å². The number of hydrogen-bond donors (Lipinski definition) is 2. The van der Waals surface area contributed by atoms with E-state index in [9.17, 15) is 14.0 Å². The zero-order valence-corrected chi connectivity index (χ0v) is 16.1. The number of rotatable bonds is 9. The van der Waals surface area contributed by atoms with Crippen LogP contribution in [0, 0.1) is 5.82 Å². The molecule has 0 aliphatic rings. The molecule has 0 fully saturated rings. The van der Waals surface area contributed by atoms with Gasteiger partial charge in [-0.25, -0.2) is 9.18 Å². The second-order valence-corrected chi connectivity index (χ2v) is 6.62. The Kier molecular flexibility index (Phi) is 6.84. The molecule has 0 spiro atoms. The summed E-state index contributed by atoms with van der Waals surface area (Å²) in [6.07, 6.45) is 2.77. The maximum atomic E-state index is 13.1. The predicted octanol–water partition coefficient (Wildman–Crippen LogP) is 3.37. The molecule has 2 N–H and O–H groups in total. The van der Waals surface area contributed by atoms with Crippen molar-refractivity contribution in [3.8, 4) is 5.75 Å². The zero-order chi connectivity index (χ0) is 20.6. The van der Waals surface area contributed by atoms with E-state index in [2.05, 4.69) is 10.3 Å². The van der Waals surface area contributed by atoms with Gasteiger partial charge < -0.3 is 19.8 Å². The van der Waals surface area contributed by atoms with Gasteiger partial charge in [0.15, 0.2) is 0 Å². The molecule has 0 aliphatic heterocycles. The molecule has 6 nitrogen and oxygen atoms in total. The van der Waals surface area contributed by atoms with Gasteiger partial charge in [0.25, 0.3) is 0 Å². The highest BCUT2D eigenvalue weighted by molar-refractivity contribution is 5.87. The fraction of sp³-hybridized carbons (Fsp3) is 0.273. The summed E-state index contributed by atoms with van der Waals surface area (Å²) in [7, 11) is 1.30. The summed E-state index contributed by atoms with van der Waals surface area (Å²) in [6, 6.07) is 12.8. The number of ether oxygens (including phenoxy) is 2. The first kappa shape index (κ1) is 20.4. The molecule has 1 aromatic heterocycles. The monoisotopic (exact) mass is 398 g/mol. The number of H-pyrrole nitrogens is 1. The Labute approximate surface area is 168 Å². The second kappa shape index (κ2) is 9.73. The van der Waals surface area contributed by atoms with Crippen molar-refractivity contribution in [2.24, 2.45) is 0 Å². The Morgan fingerprint density at radius 3 is 2.79 bits per heavy atom. The molecule has 0 radical (unpaired) electrons. The van der Waals surface area contributed by atoms with Gasteiger partial charge in [0.1, 0.15) is 17.6 Å². The standard InChI is InChI=1S/C22H23FN2O4/c1-28-22(27)20(12-15-14-24-19-9-3-2-8-18(15)19)25-21(26)10-5-11-29-17-7-4-6-16(23)13-17/h2-4,6-9,13-14,20,24H,5,10-12H2,1H3,(H,25,26)/t20-/m1/s1. The minimum atomic E-state index is -0.782. The van der Waals surface area contributed by atoms with Crippen LogP contribution in [-0.4, -0.2) is 36.6 Å². The molecule has 3 aromatic rings. The van der Waals surface area contributed by atoms with Crippen LogP contribution >= 0.6 is 0 Å². The second-order valence-electron chi connectivity index (χ2n) is 6.62. The number of methoxy groups -OCH3 is 1. The highest BCUT2D eigenvalue weighted by Gasteiger charge is 2.23. The number of hydrogen-bond acceptors (Lipinski definition) is 4. The van der Waals surface area contributed by atoms with Gasteiger partial charge in [-0.15, -0.1) is 0 Å². The molecule has 0 bridgehead atoms. The Morgan fingerprint density at radius 2 is 2.00 bits per heavy atom. The van der Waals surface area contributed by atoms with Crippen molar-refractivity contribution in [2.45, 2.75) is 25.3 Å². The van der Waals surface area contributed by atoms with Crippen LogP contribution in [0.1, 0.15) is 18.4 Å². The molecule has 1 atom stereocenters. The first-order valence-corrected chi connectivity index (χ1v) is 9.37. The van der Waals surface area contributed by atoms with Crippen molar-refractivity contribution < 1.29 is 23.5 Å². The summed E-state index contributed by atoms with van der Waals surface area (Å²) in [6.45, 7) is 0.266. The quantitative estimate of drug-likeness (QED) is 0.428. The van der Waals surface area contributed by atoms with Crippen molar-refractivity contribution >= 4 is 22.8 Å². The molecular formula is C22H23FN2O4. The third-order valence-electron chi connectivity index (χ3n) is 4.53. The largest absolute Gasteiger partial charge is 0.493 e. The van der Waals surface area contributed by atoms with Gasteiger partial charge in [0.2, 0.25) is 5.91 Å². The lowest BCUT2D eigenvalue weighted by molar-refractivity contribution is -0.145. The molecular weight excluding hydrogens is 375 g/mol. The molecule has 152 valence electrons. The van der Waals surface area contributed by atoms with Gasteiger partial charge in [0.05, 0.1) is 13.7 Å². The normalized spacial score (nSPS) is 11.8. The number of nitrogens with one attached hydrogen (secondary N) is 2. The number of aromatic nitrogens is 1. The summed E-state index contributed by atoms with van der Waals surface area (Å²) in [5.74, 6) is -0.738. The van der Waals surface area contributed by atoms with Crippen molar-refractivity contribution in [3.05, 3.63) is 66.1 Å². The van der Waals surface area contributed by atoms with Gasteiger partial charge in [-0.1, -0.05) is 24.3 Å². The molecule has 1 heterocycles. The topological polar surface area (TPSA) is 80.4 Å². The zero-order valence-electron chi connectivity index (χ0n) is 16.1. The van der Waals surface area contributed by atoms with E-state index in [4.69, 9.17) is 9.47 Å². The molecule has 2 aromatic carbocycles. The summed E-state index contributed by atoms with van der Waals surface area (Å²) in [5.41, 5.74) is 1.89. The van der Waals surface area contributed by atoms with Gasteiger partial charge in [-0.05, 0) is 30.2 Å². The van der Waals surface area contributed by atoms with E-state index in [1.54, 1.807) is 12.1 Å². The summed E-state index contributed by atoms with van der Waals surface area (Å²) < 4.78 is 23.4. The van der Waals surface area contributed by atoms with Crippen LogP contribution in [0.2, 0.25) is 0 Å². The van der Waals surface area contributed by atoms with Crippen molar-refractivity contribution in [1.29, 1.82) is 0 Å². The molecule has 29 heavy (non-hydrogen) atoms. The lowest BCUT2D eigenvalue weighted by Gasteiger charge is -2.16. The lowest BCUT2D eigenvalue weighted by atomic mass is 10.0. The number of benzene rings is 2. The predicted molar refractivity (Wildman–Crippen MR) is 107 cm³/mol. The number of carbonyl (C=O) groups excluding carboxylic acids is 2. The number of aromatic amines is 1. The van der Waals surface area contributed by atoms with E-state index in [0.29, 0.717) is 18.6 Å². The maximum absolute atomic E-state index is 13.1. The minimum Gasteiger partial charge on any atom is -0.493 e. The fourth-order valence-electron chi connectivity index (χ4n) is 3.10. The van der Waals surface area contributed by atoms with Crippen LogP contribution in [0.5, 0.6) is 5.75 Å². The molecule has 0 aliphatic carbocycles. The van der Waals surface area contributed by atoms with Crippen molar-refractivity contribution in [3.63, 3.8) is 0 Å². The third kappa shape index (κ3) is 5.57. The maximum Gasteiger partial charge on any atom is 0.328 e. The van der Waals surface area contributed by atoms with E-state index in [1.807, 2.05) is 30.5 Å². The van der Waals surface area contributed by atoms with Gasteiger partial charge >= 0.3 is 5.97 Å². The van der Waals surface area contributed by atoms with E-state index in [1.165, 1.54) is 19.2 Å². The summed E-state index contributed by atoms with van der Waals surface area (Å²) >= 11 is 0. The molecule has 0 saturated carbocycles. The average molecular weight is 398 g/mol. The van der Waals surface area contributed by atoms with E-state index in [0.717, 1.165) is 16.5 Å². The molecule has 0 unspecified atom stereocenters. The van der Waals surface area contributed by atoms with Crippen molar-refractivity contribution in [1.82, 2.24) is 10.3 Å². The van der Waals surface area contributed by atoms with Crippen LogP contribution < -0.4 is 10.1 Å².